The number of aromatic nitrogens is 1. The summed E-state index contributed by atoms with van der Waals surface area (Å²) in [6.45, 7) is 1.67. The Hall–Kier alpha value is -4.41. The fourth-order valence-electron chi connectivity index (χ4n) is 4.49. The molecule has 0 fully saturated rings. The molecule has 1 N–H and O–H groups in total. The second-order valence-electron chi connectivity index (χ2n) is 8.51. The number of carbonyl (C=O) groups excluding carboxylic acids is 1. The van der Waals surface area contributed by atoms with E-state index in [4.69, 9.17) is 25.5 Å². The van der Waals surface area contributed by atoms with Crippen molar-refractivity contribution in [2.45, 2.75) is 13.0 Å². The van der Waals surface area contributed by atoms with Crippen LogP contribution in [0.3, 0.4) is 0 Å². The summed E-state index contributed by atoms with van der Waals surface area (Å²) in [5, 5.41) is 9.92. The van der Waals surface area contributed by atoms with Gasteiger partial charge in [0.15, 0.2) is 4.80 Å². The van der Waals surface area contributed by atoms with E-state index in [2.05, 4.69) is 4.99 Å². The predicted molar refractivity (Wildman–Crippen MR) is 145 cm³/mol. The van der Waals surface area contributed by atoms with Crippen LogP contribution in [0, 0.1) is 0 Å². The quantitative estimate of drug-likeness (QED) is 0.351. The minimum absolute atomic E-state index is 0.0963. The number of fused-ring (bicyclic) bond motifs is 1. The normalized spacial score (nSPS) is 15.1. The summed E-state index contributed by atoms with van der Waals surface area (Å²) in [7, 11) is 2.75. The van der Waals surface area contributed by atoms with Gasteiger partial charge in [-0.15, -0.1) is 0 Å². The van der Waals surface area contributed by atoms with E-state index in [9.17, 15) is 19.5 Å². The van der Waals surface area contributed by atoms with E-state index in [0.717, 1.165) is 11.3 Å². The maximum atomic E-state index is 13.8. The Morgan fingerprint density at radius 1 is 1.15 bits per heavy atom. The number of methoxy groups -OCH3 is 2. The largest absolute Gasteiger partial charge is 0.496 e. The van der Waals surface area contributed by atoms with E-state index in [1.165, 1.54) is 24.9 Å². The zero-order valence-corrected chi connectivity index (χ0v) is 22.5. The third kappa shape index (κ3) is 4.68. The number of furan rings is 1. The number of carboxylic acid groups (broad SMARTS) is 1. The van der Waals surface area contributed by atoms with E-state index in [-0.39, 0.29) is 11.1 Å². The summed E-state index contributed by atoms with van der Waals surface area (Å²) >= 11 is 7.43. The molecule has 198 valence electrons. The van der Waals surface area contributed by atoms with Gasteiger partial charge in [-0.25, -0.2) is 14.6 Å². The summed E-state index contributed by atoms with van der Waals surface area (Å²) in [4.78, 5) is 43.2. The molecule has 11 heteroatoms. The maximum absolute atomic E-state index is 13.8. The third-order valence-electron chi connectivity index (χ3n) is 6.24. The number of hydrogen-bond acceptors (Lipinski definition) is 8. The van der Waals surface area contributed by atoms with Crippen molar-refractivity contribution < 1.29 is 28.6 Å². The lowest BCUT2D eigenvalue weighted by atomic mass is 9.95. The molecule has 39 heavy (non-hydrogen) atoms. The number of aromatic carboxylic acids is 1. The molecule has 2 aromatic carbocycles. The van der Waals surface area contributed by atoms with E-state index in [1.54, 1.807) is 61.5 Å². The van der Waals surface area contributed by atoms with Gasteiger partial charge in [0.2, 0.25) is 0 Å². The molecule has 0 unspecified atom stereocenters. The Labute approximate surface area is 230 Å². The highest BCUT2D eigenvalue weighted by Crippen LogP contribution is 2.37. The van der Waals surface area contributed by atoms with Gasteiger partial charge in [-0.1, -0.05) is 41.1 Å². The molecular formula is C28H21ClN2O7S. The summed E-state index contributed by atoms with van der Waals surface area (Å²) in [6.07, 6.45) is 1.56. The summed E-state index contributed by atoms with van der Waals surface area (Å²) in [5.74, 6) is -0.591. The molecule has 9 nitrogen and oxygen atoms in total. The molecule has 1 atom stereocenters. The van der Waals surface area contributed by atoms with Crippen LogP contribution in [-0.4, -0.2) is 35.8 Å². The highest BCUT2D eigenvalue weighted by molar-refractivity contribution is 7.07. The minimum Gasteiger partial charge on any atom is -0.496 e. The lowest BCUT2D eigenvalue weighted by Gasteiger charge is -2.25. The van der Waals surface area contributed by atoms with Crippen LogP contribution in [0.4, 0.5) is 0 Å². The Morgan fingerprint density at radius 2 is 1.92 bits per heavy atom. The summed E-state index contributed by atoms with van der Waals surface area (Å²) < 4.78 is 18.2. The van der Waals surface area contributed by atoms with Crippen molar-refractivity contribution in [3.05, 3.63) is 107 Å². The Balaban J connectivity index is 1.68. The maximum Gasteiger partial charge on any atom is 0.338 e. The SMILES string of the molecule is COC(=O)C1=C(C)N=c2s/c(=C\c3ccc(-c4ccccc4C(=O)O)o3)c(=O)n2[C@@H]1c1cc(Cl)ccc1OC. The lowest BCUT2D eigenvalue weighted by molar-refractivity contribution is -0.136. The monoisotopic (exact) mass is 564 g/mol. The highest BCUT2D eigenvalue weighted by atomic mass is 35.5. The van der Waals surface area contributed by atoms with Crippen molar-refractivity contribution in [1.82, 2.24) is 4.57 Å². The van der Waals surface area contributed by atoms with E-state index >= 15 is 0 Å². The molecule has 0 spiro atoms. The molecule has 0 bridgehead atoms. The first-order valence-corrected chi connectivity index (χ1v) is 12.8. The van der Waals surface area contributed by atoms with Crippen LogP contribution < -0.4 is 19.6 Å². The van der Waals surface area contributed by atoms with Crippen molar-refractivity contribution >= 4 is 41.0 Å². The first-order chi connectivity index (χ1) is 18.7. The van der Waals surface area contributed by atoms with Crippen LogP contribution in [0.2, 0.25) is 5.02 Å². The van der Waals surface area contributed by atoms with Gasteiger partial charge in [-0.2, -0.15) is 0 Å². The molecule has 0 saturated carbocycles. The standard InChI is InChI=1S/C28H21ClN2O7S/c1-14-23(27(35)37-3)24(19-12-15(29)8-10-20(19)36-2)31-25(32)22(39-28(31)30-14)13-16-9-11-21(38-16)17-6-4-5-7-18(17)26(33)34/h4-13,24H,1-3H3,(H,33,34)/b22-13-/t24-/m1/s1. The lowest BCUT2D eigenvalue weighted by Crippen LogP contribution is -2.40. The number of ether oxygens (including phenoxy) is 2. The number of allylic oxidation sites excluding steroid dienone is 1. The van der Waals surface area contributed by atoms with E-state index in [1.807, 2.05) is 0 Å². The van der Waals surface area contributed by atoms with Crippen LogP contribution >= 0.6 is 22.9 Å². The predicted octanol–water partition coefficient (Wildman–Crippen LogP) is 4.03. The number of nitrogens with zero attached hydrogens (tertiary/aromatic N) is 2. The summed E-state index contributed by atoms with van der Waals surface area (Å²) in [5.41, 5.74) is 1.17. The molecular weight excluding hydrogens is 544 g/mol. The Morgan fingerprint density at radius 3 is 2.64 bits per heavy atom. The average Bonchev–Trinajstić information content (AvgIpc) is 3.51. The van der Waals surface area contributed by atoms with Crippen LogP contribution in [0.25, 0.3) is 17.4 Å². The fourth-order valence-corrected chi connectivity index (χ4v) is 5.70. The average molecular weight is 565 g/mol. The number of esters is 1. The molecule has 1 aliphatic heterocycles. The van der Waals surface area contributed by atoms with Gasteiger partial charge in [0.05, 0.1) is 35.6 Å². The van der Waals surface area contributed by atoms with Crippen LogP contribution in [0.15, 0.2) is 80.1 Å². The molecule has 0 amide bonds. The van der Waals surface area contributed by atoms with Crippen molar-refractivity contribution in [2.75, 3.05) is 14.2 Å². The van der Waals surface area contributed by atoms with Crippen LogP contribution in [0.1, 0.15) is 34.6 Å². The number of halogens is 1. The van der Waals surface area contributed by atoms with E-state index in [0.29, 0.717) is 48.5 Å². The molecule has 5 rings (SSSR count). The molecule has 0 aliphatic carbocycles. The second-order valence-corrected chi connectivity index (χ2v) is 9.96. The highest BCUT2D eigenvalue weighted by Gasteiger charge is 2.35. The zero-order chi connectivity index (χ0) is 27.8. The van der Waals surface area contributed by atoms with Crippen molar-refractivity contribution in [3.63, 3.8) is 0 Å². The number of carboxylic acids is 1. The summed E-state index contributed by atoms with van der Waals surface area (Å²) in [6, 6.07) is 13.8. The van der Waals surface area contributed by atoms with Gasteiger partial charge in [-0.05, 0) is 43.3 Å². The van der Waals surface area contributed by atoms with Gasteiger partial charge >= 0.3 is 11.9 Å². The van der Waals surface area contributed by atoms with Gasteiger partial charge < -0.3 is 19.0 Å². The molecule has 0 saturated heterocycles. The smallest absolute Gasteiger partial charge is 0.338 e. The van der Waals surface area contributed by atoms with Gasteiger partial charge in [-0.3, -0.25) is 9.36 Å². The van der Waals surface area contributed by atoms with Gasteiger partial charge in [0.25, 0.3) is 5.56 Å². The third-order valence-corrected chi connectivity index (χ3v) is 7.45. The number of rotatable bonds is 6. The number of thiazole rings is 1. The van der Waals surface area contributed by atoms with Gasteiger partial charge in [0.1, 0.15) is 23.3 Å². The topological polar surface area (TPSA) is 120 Å². The Kier molecular flexibility index (Phi) is 6.98. The second kappa shape index (κ2) is 10.4. The molecule has 2 aromatic heterocycles. The van der Waals surface area contributed by atoms with Crippen LogP contribution in [-0.2, 0) is 9.53 Å². The number of hydrogen-bond donors (Lipinski definition) is 1. The first kappa shape index (κ1) is 26.2. The minimum atomic E-state index is -1.08. The fraction of sp³-hybridized carbons (Fsp3) is 0.143. The number of carbonyl (C=O) groups is 2. The van der Waals surface area contributed by atoms with E-state index < -0.39 is 23.5 Å². The molecule has 0 radical (unpaired) electrons. The van der Waals surface area contributed by atoms with Crippen molar-refractivity contribution in [2.24, 2.45) is 4.99 Å². The number of benzene rings is 2. The van der Waals surface area contributed by atoms with Crippen molar-refractivity contribution in [3.8, 4) is 17.1 Å². The first-order valence-electron chi connectivity index (χ1n) is 11.6. The van der Waals surface area contributed by atoms with Crippen LogP contribution in [0.5, 0.6) is 5.75 Å². The molecule has 4 aromatic rings. The van der Waals surface area contributed by atoms with Crippen molar-refractivity contribution in [1.29, 1.82) is 0 Å². The Bertz CT molecular complexity index is 1850. The van der Waals surface area contributed by atoms with Gasteiger partial charge in [0, 0.05) is 22.2 Å². The molecule has 1 aliphatic rings. The molecule has 3 heterocycles. The zero-order valence-electron chi connectivity index (χ0n) is 20.9.